The Morgan fingerprint density at radius 2 is 2.03 bits per heavy atom. The van der Waals surface area contributed by atoms with Gasteiger partial charge in [0.25, 0.3) is 0 Å². The highest BCUT2D eigenvalue weighted by atomic mass is 35.5. The van der Waals surface area contributed by atoms with E-state index in [0.29, 0.717) is 13.0 Å². The molecule has 8 nitrogen and oxygen atoms in total. The minimum atomic E-state index is -4.58. The van der Waals surface area contributed by atoms with Crippen LogP contribution >= 0.6 is 12.4 Å². The van der Waals surface area contributed by atoms with Crippen LogP contribution in [0.4, 0.5) is 18.9 Å². The van der Waals surface area contributed by atoms with Crippen molar-refractivity contribution in [2.45, 2.75) is 31.5 Å². The highest BCUT2D eigenvalue weighted by molar-refractivity contribution is 5.94. The van der Waals surface area contributed by atoms with Crippen LogP contribution in [0.15, 0.2) is 30.9 Å². The number of amides is 1. The van der Waals surface area contributed by atoms with Crippen LogP contribution in [0.25, 0.3) is 5.69 Å². The third-order valence-electron chi connectivity index (χ3n) is 4.51. The molecule has 0 saturated carbocycles. The molecule has 2 heterocycles. The van der Waals surface area contributed by atoms with E-state index in [-0.39, 0.29) is 30.3 Å². The first kappa shape index (κ1) is 22.6. The van der Waals surface area contributed by atoms with Crippen molar-refractivity contribution < 1.29 is 27.9 Å². The molecule has 1 unspecified atom stereocenters. The molecule has 0 spiro atoms. The van der Waals surface area contributed by atoms with Gasteiger partial charge in [0.1, 0.15) is 18.7 Å². The number of alkyl halides is 3. The van der Waals surface area contributed by atoms with Crippen LogP contribution in [-0.4, -0.2) is 55.8 Å². The summed E-state index contributed by atoms with van der Waals surface area (Å²) in [5.41, 5.74) is -0.797. The fraction of sp³-hybridized carbons (Fsp3) is 0.412. The van der Waals surface area contributed by atoms with Crippen molar-refractivity contribution in [3.05, 3.63) is 36.4 Å². The molecule has 12 heteroatoms. The van der Waals surface area contributed by atoms with E-state index in [9.17, 15) is 27.9 Å². The number of anilines is 1. The quantitative estimate of drug-likeness (QED) is 0.751. The molecule has 29 heavy (non-hydrogen) atoms. The Morgan fingerprint density at radius 1 is 1.28 bits per heavy atom. The van der Waals surface area contributed by atoms with E-state index in [4.69, 9.17) is 0 Å². The van der Waals surface area contributed by atoms with Crippen LogP contribution in [0.3, 0.4) is 0 Å². The summed E-state index contributed by atoms with van der Waals surface area (Å²) >= 11 is 0. The van der Waals surface area contributed by atoms with Crippen LogP contribution < -0.4 is 5.32 Å². The molecule has 1 aromatic heterocycles. The van der Waals surface area contributed by atoms with Gasteiger partial charge in [-0.2, -0.15) is 18.3 Å². The average Bonchev–Trinajstić information content (AvgIpc) is 3.15. The standard InChI is InChI=1S/C17H18F3N5O3.ClH/c18-17(19,20)11-4-5-13(25-10-21-9-22-25)12(7-11)23-15(26)8-24-6-2-1-3-14(24)16(27)28;/h4-5,7,9-10,14H,1-3,6,8H2,(H,23,26)(H,27,28);1H. The summed E-state index contributed by atoms with van der Waals surface area (Å²) in [6.45, 7) is 0.201. The van der Waals surface area contributed by atoms with Crippen LogP contribution in [-0.2, 0) is 15.8 Å². The number of piperidine rings is 1. The highest BCUT2D eigenvalue weighted by Crippen LogP contribution is 2.33. The molecule has 0 bridgehead atoms. The number of aromatic nitrogens is 3. The molecule has 0 radical (unpaired) electrons. The van der Waals surface area contributed by atoms with Gasteiger partial charge in [0.2, 0.25) is 5.91 Å². The average molecular weight is 434 g/mol. The van der Waals surface area contributed by atoms with E-state index >= 15 is 0 Å². The smallest absolute Gasteiger partial charge is 0.416 e. The molecule has 1 atom stereocenters. The van der Waals surface area contributed by atoms with Gasteiger partial charge in [0.15, 0.2) is 0 Å². The maximum atomic E-state index is 13.1. The largest absolute Gasteiger partial charge is 0.480 e. The third-order valence-corrected chi connectivity index (χ3v) is 4.51. The van der Waals surface area contributed by atoms with Gasteiger partial charge in [-0.1, -0.05) is 6.42 Å². The second-order valence-electron chi connectivity index (χ2n) is 6.44. The summed E-state index contributed by atoms with van der Waals surface area (Å²) in [6, 6.07) is 2.11. The SMILES string of the molecule is Cl.O=C(CN1CCCCC1C(=O)O)Nc1cc(C(F)(F)F)ccc1-n1cncn1. The van der Waals surface area contributed by atoms with Gasteiger partial charge >= 0.3 is 12.1 Å². The molecule has 1 saturated heterocycles. The number of carboxylic acids is 1. The minimum absolute atomic E-state index is 0. The zero-order chi connectivity index (χ0) is 20.3. The molecule has 2 N–H and O–H groups in total. The molecule has 1 aromatic carbocycles. The fourth-order valence-electron chi connectivity index (χ4n) is 3.18. The van der Waals surface area contributed by atoms with Gasteiger partial charge in [-0.3, -0.25) is 14.5 Å². The van der Waals surface area contributed by atoms with Gasteiger partial charge in [-0.25, -0.2) is 9.67 Å². The summed E-state index contributed by atoms with van der Waals surface area (Å²) in [4.78, 5) is 29.1. The highest BCUT2D eigenvalue weighted by Gasteiger charge is 2.32. The Kier molecular flexibility index (Phi) is 7.20. The first-order valence-corrected chi connectivity index (χ1v) is 8.58. The number of nitrogens with zero attached hydrogens (tertiary/aromatic N) is 4. The molecule has 0 aliphatic carbocycles. The lowest BCUT2D eigenvalue weighted by molar-refractivity contribution is -0.145. The number of hydrogen-bond donors (Lipinski definition) is 2. The number of rotatable bonds is 5. The lowest BCUT2D eigenvalue weighted by Crippen LogP contribution is -2.47. The summed E-state index contributed by atoms with van der Waals surface area (Å²) in [5, 5.41) is 15.6. The van der Waals surface area contributed by atoms with E-state index in [2.05, 4.69) is 15.4 Å². The van der Waals surface area contributed by atoms with Crippen LogP contribution in [0.1, 0.15) is 24.8 Å². The van der Waals surface area contributed by atoms with Gasteiger partial charge in [0.05, 0.1) is 23.5 Å². The van der Waals surface area contributed by atoms with E-state index in [1.165, 1.54) is 28.3 Å². The summed E-state index contributed by atoms with van der Waals surface area (Å²) in [6.07, 6.45) is -0.139. The Hall–Kier alpha value is -2.66. The van der Waals surface area contributed by atoms with E-state index in [0.717, 1.165) is 25.0 Å². The lowest BCUT2D eigenvalue weighted by Gasteiger charge is -2.32. The van der Waals surface area contributed by atoms with E-state index in [1.54, 1.807) is 0 Å². The van der Waals surface area contributed by atoms with Crippen molar-refractivity contribution in [3.8, 4) is 5.69 Å². The number of aliphatic carboxylic acids is 1. The number of nitrogens with one attached hydrogen (secondary N) is 1. The maximum absolute atomic E-state index is 13.1. The third kappa shape index (κ3) is 5.45. The number of halogens is 4. The summed E-state index contributed by atoms with van der Waals surface area (Å²) in [5.74, 6) is -1.62. The second kappa shape index (κ2) is 9.23. The van der Waals surface area contributed by atoms with Gasteiger partial charge < -0.3 is 10.4 Å². The normalized spacial score (nSPS) is 17.4. The second-order valence-corrected chi connectivity index (χ2v) is 6.44. The lowest BCUT2D eigenvalue weighted by atomic mass is 10.0. The maximum Gasteiger partial charge on any atom is 0.416 e. The van der Waals surface area contributed by atoms with Crippen LogP contribution in [0, 0.1) is 0 Å². The van der Waals surface area contributed by atoms with Crippen molar-refractivity contribution in [2.75, 3.05) is 18.4 Å². The monoisotopic (exact) mass is 433 g/mol. The molecule has 3 rings (SSSR count). The van der Waals surface area contributed by atoms with E-state index in [1.807, 2.05) is 0 Å². The molecular weight excluding hydrogens is 415 g/mol. The molecule has 1 fully saturated rings. The zero-order valence-electron chi connectivity index (χ0n) is 15.1. The molecule has 2 aromatic rings. The number of carbonyl (C=O) groups is 2. The number of carboxylic acid groups (broad SMARTS) is 1. The van der Waals surface area contributed by atoms with Crippen molar-refractivity contribution in [1.82, 2.24) is 19.7 Å². The van der Waals surface area contributed by atoms with Crippen molar-refractivity contribution in [1.29, 1.82) is 0 Å². The van der Waals surface area contributed by atoms with Crippen LogP contribution in [0.5, 0.6) is 0 Å². The van der Waals surface area contributed by atoms with Crippen molar-refractivity contribution in [2.24, 2.45) is 0 Å². The Morgan fingerprint density at radius 3 is 2.66 bits per heavy atom. The van der Waals surface area contributed by atoms with Crippen molar-refractivity contribution in [3.63, 3.8) is 0 Å². The summed E-state index contributed by atoms with van der Waals surface area (Å²) < 4.78 is 40.4. The number of likely N-dealkylation sites (tertiary alicyclic amines) is 1. The fourth-order valence-corrected chi connectivity index (χ4v) is 3.18. The first-order chi connectivity index (χ1) is 13.3. The minimum Gasteiger partial charge on any atom is -0.480 e. The predicted molar refractivity (Wildman–Crippen MR) is 99.1 cm³/mol. The molecule has 1 aliphatic heterocycles. The van der Waals surface area contributed by atoms with Crippen molar-refractivity contribution >= 4 is 30.0 Å². The Balaban J connectivity index is 0.00000300. The number of carbonyl (C=O) groups excluding carboxylic acids is 1. The number of hydrogen-bond acceptors (Lipinski definition) is 5. The topological polar surface area (TPSA) is 100 Å². The van der Waals surface area contributed by atoms with Crippen LogP contribution in [0.2, 0.25) is 0 Å². The molecule has 158 valence electrons. The zero-order valence-corrected chi connectivity index (χ0v) is 15.9. The van der Waals surface area contributed by atoms with Gasteiger partial charge in [-0.15, -0.1) is 12.4 Å². The van der Waals surface area contributed by atoms with Gasteiger partial charge in [0, 0.05) is 0 Å². The summed E-state index contributed by atoms with van der Waals surface area (Å²) in [7, 11) is 0. The Bertz CT molecular complexity index is 860. The number of benzene rings is 1. The van der Waals surface area contributed by atoms with Gasteiger partial charge in [-0.05, 0) is 37.6 Å². The first-order valence-electron chi connectivity index (χ1n) is 8.58. The van der Waals surface area contributed by atoms with E-state index < -0.39 is 29.7 Å². The predicted octanol–water partition coefficient (Wildman–Crippen LogP) is 2.59. The molecule has 1 amide bonds. The Labute approximate surface area is 170 Å². The molecule has 1 aliphatic rings. The molecular formula is C17H19ClF3N5O3.